The van der Waals surface area contributed by atoms with Gasteiger partial charge in [-0.3, -0.25) is 0 Å². The lowest BCUT2D eigenvalue weighted by Crippen LogP contribution is -2.34. The molecule has 1 aromatic heterocycles. The van der Waals surface area contributed by atoms with Crippen molar-refractivity contribution in [1.29, 1.82) is 0 Å². The molecule has 3 heteroatoms. The molecule has 2 saturated carbocycles. The van der Waals surface area contributed by atoms with Crippen molar-refractivity contribution in [2.24, 2.45) is 11.8 Å². The van der Waals surface area contributed by atoms with Crippen molar-refractivity contribution in [1.82, 2.24) is 15.3 Å². The quantitative estimate of drug-likeness (QED) is 0.816. The highest BCUT2D eigenvalue weighted by Gasteiger charge is 2.34. The van der Waals surface area contributed by atoms with Gasteiger partial charge in [-0.25, -0.2) is 4.98 Å². The van der Waals surface area contributed by atoms with Crippen LogP contribution in [0.25, 0.3) is 0 Å². The van der Waals surface area contributed by atoms with Crippen LogP contribution in [0.5, 0.6) is 0 Å². The molecule has 1 heterocycles. The molecule has 0 saturated heterocycles. The summed E-state index contributed by atoms with van der Waals surface area (Å²) in [4.78, 5) is 7.40. The van der Waals surface area contributed by atoms with Crippen LogP contribution in [0.1, 0.15) is 44.3 Å². The van der Waals surface area contributed by atoms with E-state index in [0.29, 0.717) is 0 Å². The third-order valence-corrected chi connectivity index (χ3v) is 4.12. The van der Waals surface area contributed by atoms with Gasteiger partial charge in [0.2, 0.25) is 0 Å². The van der Waals surface area contributed by atoms with E-state index in [1.165, 1.54) is 38.5 Å². The maximum atomic E-state index is 4.25. The van der Waals surface area contributed by atoms with Crippen molar-refractivity contribution in [2.75, 3.05) is 0 Å². The van der Waals surface area contributed by atoms with Crippen molar-refractivity contribution in [2.45, 2.75) is 51.1 Å². The van der Waals surface area contributed by atoms with Gasteiger partial charge >= 0.3 is 0 Å². The molecule has 0 spiro atoms. The van der Waals surface area contributed by atoms with Gasteiger partial charge in [-0.1, -0.05) is 12.8 Å². The second-order valence-corrected chi connectivity index (χ2v) is 5.38. The second kappa shape index (κ2) is 4.58. The maximum Gasteiger partial charge on any atom is 0.120 e. The van der Waals surface area contributed by atoms with E-state index in [-0.39, 0.29) is 0 Å². The summed E-state index contributed by atoms with van der Waals surface area (Å²) in [5.74, 6) is 3.16. The predicted octanol–water partition coefficient (Wildman–Crippen LogP) is 2.47. The van der Waals surface area contributed by atoms with Crippen molar-refractivity contribution in [3.63, 3.8) is 0 Å². The fourth-order valence-electron chi connectivity index (χ4n) is 3.04. The van der Waals surface area contributed by atoms with Crippen molar-refractivity contribution >= 4 is 0 Å². The summed E-state index contributed by atoms with van der Waals surface area (Å²) in [6.45, 7) is 0.898. The van der Waals surface area contributed by atoms with E-state index in [1.54, 1.807) is 0 Å². The Kier molecular flexibility index (Phi) is 2.96. The first-order chi connectivity index (χ1) is 7.92. The summed E-state index contributed by atoms with van der Waals surface area (Å²) in [5, 5.41) is 3.64. The van der Waals surface area contributed by atoms with Crippen molar-refractivity contribution in [3.8, 4) is 0 Å². The summed E-state index contributed by atoms with van der Waals surface area (Å²) in [7, 11) is 0. The Morgan fingerprint density at radius 2 is 2.19 bits per heavy atom. The zero-order valence-corrected chi connectivity index (χ0v) is 9.78. The standard InChI is InChI=1S/C13H21N3/c1-2-11(10-4-5-10)8-12(3-1)16-9-13-14-6-7-15-13/h6-7,10-12,16H,1-5,8-9H2,(H,14,15). The molecule has 1 aromatic rings. The number of imidazole rings is 1. The number of rotatable bonds is 4. The summed E-state index contributed by atoms with van der Waals surface area (Å²) in [5.41, 5.74) is 0. The lowest BCUT2D eigenvalue weighted by Gasteiger charge is -2.29. The Labute approximate surface area is 97.0 Å². The molecule has 2 atom stereocenters. The van der Waals surface area contributed by atoms with E-state index in [4.69, 9.17) is 0 Å². The molecule has 0 amide bonds. The SMILES string of the molecule is c1c[nH]c(CNC2CCCC(C3CC3)C2)n1. The van der Waals surface area contributed by atoms with E-state index in [9.17, 15) is 0 Å². The number of aromatic amines is 1. The number of H-pyrrole nitrogens is 1. The fraction of sp³-hybridized carbons (Fsp3) is 0.769. The molecule has 16 heavy (non-hydrogen) atoms. The highest BCUT2D eigenvalue weighted by Crippen LogP contribution is 2.43. The van der Waals surface area contributed by atoms with Gasteiger partial charge in [0.15, 0.2) is 0 Å². The normalized spacial score (nSPS) is 30.5. The molecule has 3 nitrogen and oxygen atoms in total. The highest BCUT2D eigenvalue weighted by atomic mass is 15.0. The monoisotopic (exact) mass is 219 g/mol. The van der Waals surface area contributed by atoms with Crippen LogP contribution < -0.4 is 5.32 Å². The highest BCUT2D eigenvalue weighted by molar-refractivity contribution is 4.90. The number of nitrogens with zero attached hydrogens (tertiary/aromatic N) is 1. The minimum Gasteiger partial charge on any atom is -0.348 e. The topological polar surface area (TPSA) is 40.7 Å². The van der Waals surface area contributed by atoms with Crippen LogP contribution in [0.4, 0.5) is 0 Å². The summed E-state index contributed by atoms with van der Waals surface area (Å²) >= 11 is 0. The van der Waals surface area contributed by atoms with Crippen LogP contribution in [-0.2, 0) is 6.54 Å². The molecule has 2 aliphatic carbocycles. The summed E-state index contributed by atoms with van der Waals surface area (Å²) in [6.07, 6.45) is 12.3. The van der Waals surface area contributed by atoms with Gasteiger partial charge in [0.1, 0.15) is 5.82 Å². The predicted molar refractivity (Wildman–Crippen MR) is 63.9 cm³/mol. The third-order valence-electron chi connectivity index (χ3n) is 4.12. The molecule has 2 N–H and O–H groups in total. The van der Waals surface area contributed by atoms with E-state index in [2.05, 4.69) is 15.3 Å². The molecule has 0 aromatic carbocycles. The Morgan fingerprint density at radius 1 is 1.25 bits per heavy atom. The zero-order chi connectivity index (χ0) is 10.8. The van der Waals surface area contributed by atoms with E-state index < -0.39 is 0 Å². The molecule has 88 valence electrons. The van der Waals surface area contributed by atoms with E-state index in [0.717, 1.165) is 30.2 Å². The first-order valence-corrected chi connectivity index (χ1v) is 6.63. The smallest absolute Gasteiger partial charge is 0.120 e. The van der Waals surface area contributed by atoms with Crippen LogP contribution in [0.15, 0.2) is 12.4 Å². The number of aromatic nitrogens is 2. The molecule has 0 radical (unpaired) electrons. The average Bonchev–Trinajstić information content (AvgIpc) is 3.05. The molecule has 2 unspecified atom stereocenters. The van der Waals surface area contributed by atoms with E-state index >= 15 is 0 Å². The molecule has 3 rings (SSSR count). The largest absolute Gasteiger partial charge is 0.348 e. The van der Waals surface area contributed by atoms with Crippen LogP contribution >= 0.6 is 0 Å². The van der Waals surface area contributed by atoms with Gasteiger partial charge in [-0.05, 0) is 37.5 Å². The maximum absolute atomic E-state index is 4.25. The van der Waals surface area contributed by atoms with Crippen LogP contribution in [0, 0.1) is 11.8 Å². The van der Waals surface area contributed by atoms with Gasteiger partial charge in [0.25, 0.3) is 0 Å². The minimum absolute atomic E-state index is 0.726. The lowest BCUT2D eigenvalue weighted by atomic mass is 9.83. The van der Waals surface area contributed by atoms with Crippen LogP contribution in [-0.4, -0.2) is 16.0 Å². The molecule has 2 aliphatic rings. The minimum atomic E-state index is 0.726. The summed E-state index contributed by atoms with van der Waals surface area (Å²) < 4.78 is 0. The zero-order valence-electron chi connectivity index (χ0n) is 9.78. The van der Waals surface area contributed by atoms with Crippen LogP contribution in [0.3, 0.4) is 0 Å². The number of hydrogen-bond donors (Lipinski definition) is 2. The van der Waals surface area contributed by atoms with Crippen molar-refractivity contribution < 1.29 is 0 Å². The number of nitrogens with one attached hydrogen (secondary N) is 2. The van der Waals surface area contributed by atoms with Gasteiger partial charge in [-0.2, -0.15) is 0 Å². The molecular formula is C13H21N3. The van der Waals surface area contributed by atoms with Crippen LogP contribution in [0.2, 0.25) is 0 Å². The Morgan fingerprint density at radius 3 is 2.94 bits per heavy atom. The summed E-state index contributed by atoms with van der Waals surface area (Å²) in [6, 6.07) is 0.726. The van der Waals surface area contributed by atoms with Gasteiger partial charge in [-0.15, -0.1) is 0 Å². The molecule has 2 fully saturated rings. The Bertz CT molecular complexity index is 316. The Hall–Kier alpha value is -0.830. The van der Waals surface area contributed by atoms with E-state index in [1.807, 2.05) is 12.4 Å². The first kappa shape index (κ1) is 10.3. The molecular weight excluding hydrogens is 198 g/mol. The van der Waals surface area contributed by atoms with Gasteiger partial charge in [0, 0.05) is 18.4 Å². The molecule has 0 aliphatic heterocycles. The van der Waals surface area contributed by atoms with Gasteiger partial charge < -0.3 is 10.3 Å². The Balaban J connectivity index is 1.47. The fourth-order valence-corrected chi connectivity index (χ4v) is 3.04. The lowest BCUT2D eigenvalue weighted by molar-refractivity contribution is 0.259. The number of hydrogen-bond acceptors (Lipinski definition) is 2. The molecule has 0 bridgehead atoms. The second-order valence-electron chi connectivity index (χ2n) is 5.38. The third kappa shape index (κ3) is 2.46. The average molecular weight is 219 g/mol. The van der Waals surface area contributed by atoms with Gasteiger partial charge in [0.05, 0.1) is 6.54 Å². The first-order valence-electron chi connectivity index (χ1n) is 6.63. The van der Waals surface area contributed by atoms with Crippen molar-refractivity contribution in [3.05, 3.63) is 18.2 Å².